The van der Waals surface area contributed by atoms with Crippen LogP contribution in [-0.4, -0.2) is 57.5 Å². The summed E-state index contributed by atoms with van der Waals surface area (Å²) < 4.78 is 13.1. The summed E-state index contributed by atoms with van der Waals surface area (Å²) in [6.07, 6.45) is 12.1. The van der Waals surface area contributed by atoms with E-state index in [-0.39, 0.29) is 36.7 Å². The Bertz CT molecular complexity index is 2760. The normalized spacial score (nSPS) is 13.8. The van der Waals surface area contributed by atoms with E-state index in [9.17, 15) is 19.2 Å². The van der Waals surface area contributed by atoms with Gasteiger partial charge in [0.1, 0.15) is 34.3 Å². The number of furan rings is 2. The van der Waals surface area contributed by atoms with Crippen LogP contribution in [0, 0.1) is 6.92 Å². The highest BCUT2D eigenvalue weighted by Gasteiger charge is 2.23. The van der Waals surface area contributed by atoms with Gasteiger partial charge in [-0.2, -0.15) is 0 Å². The zero-order valence-corrected chi connectivity index (χ0v) is 33.8. The third-order valence-corrected chi connectivity index (χ3v) is 11.1. The van der Waals surface area contributed by atoms with Gasteiger partial charge in [0.2, 0.25) is 23.6 Å². The summed E-state index contributed by atoms with van der Waals surface area (Å²) in [5.74, 6) is 1.86. The van der Waals surface area contributed by atoms with Crippen molar-refractivity contribution in [2.45, 2.75) is 65.2 Å². The van der Waals surface area contributed by atoms with Crippen molar-refractivity contribution in [3.05, 3.63) is 129 Å². The molecule has 8 rings (SSSR count). The average Bonchev–Trinajstić information content (AvgIpc) is 3.75. The number of aromatic nitrogens is 2. The van der Waals surface area contributed by atoms with Crippen LogP contribution in [-0.2, 0) is 64.6 Å². The number of amides is 4. The predicted octanol–water partition coefficient (Wildman–Crippen LogP) is 5.90. The minimum absolute atomic E-state index is 0.0510. The van der Waals surface area contributed by atoms with Crippen LogP contribution in [0.3, 0.4) is 0 Å². The van der Waals surface area contributed by atoms with E-state index >= 15 is 0 Å². The number of fused-ring (bicyclic) bond motifs is 4. The SMILES string of the molecule is Cc1c(CN(C)C(=O)/C=C/c2cnc3c(c2)CCC(=O)N3)oc2c(Cc3c(CN(C)C(=O)/C=C/c4cnc5c(c4)CCC(=O)N5)oc4cc(CN)ccc34)cc(CN)cc12. The first-order valence-electron chi connectivity index (χ1n) is 19.9. The molecule has 0 radical (unpaired) electrons. The molecule has 0 atom stereocenters. The van der Waals surface area contributed by atoms with Gasteiger partial charge in [-0.05, 0) is 89.6 Å². The standard InChI is InChI=1S/C46H46N8O6/c1-26-35-17-30(21-48)16-33(44(35)60-38(26)24-53(2)42(57)12-5-28-14-31-7-10-40(55)51-45(31)49-22-28)19-36-34-9-4-27(20-47)18-37(34)59-39(36)25-54(3)43(58)13-6-29-15-32-8-11-41(56)52-46(32)50-23-29/h4-6,9,12-18,22-23H,7-8,10-11,19-21,24-25,47-48H2,1-3H3,(H,49,51,55)(H,50,52,56)/b12-5+,13-6+. The van der Waals surface area contributed by atoms with E-state index in [1.807, 2.05) is 49.4 Å². The van der Waals surface area contributed by atoms with Gasteiger partial charge < -0.3 is 40.7 Å². The predicted molar refractivity (Wildman–Crippen MR) is 229 cm³/mol. The molecular formula is C46H46N8O6. The summed E-state index contributed by atoms with van der Waals surface area (Å²) in [6, 6.07) is 13.8. The van der Waals surface area contributed by atoms with Crippen molar-refractivity contribution in [1.82, 2.24) is 19.8 Å². The lowest BCUT2D eigenvalue weighted by atomic mass is 9.96. The van der Waals surface area contributed by atoms with E-state index < -0.39 is 0 Å². The number of hydrogen-bond donors (Lipinski definition) is 4. The van der Waals surface area contributed by atoms with Gasteiger partial charge in [-0.25, -0.2) is 9.97 Å². The number of hydrogen-bond acceptors (Lipinski definition) is 10. The first kappa shape index (κ1) is 39.9. The number of pyridine rings is 2. The summed E-state index contributed by atoms with van der Waals surface area (Å²) in [6.45, 7) is 3.07. The lowest BCUT2D eigenvalue weighted by molar-refractivity contribution is -0.126. The molecule has 0 bridgehead atoms. The number of nitrogens with one attached hydrogen (secondary N) is 2. The van der Waals surface area contributed by atoms with Crippen LogP contribution in [0.15, 0.2) is 75.8 Å². The van der Waals surface area contributed by atoms with Gasteiger partial charge in [0.05, 0.1) is 13.1 Å². The number of likely N-dealkylation sites (N-methyl/N-ethyl adjacent to an activating group) is 2. The monoisotopic (exact) mass is 806 g/mol. The average molecular weight is 807 g/mol. The van der Waals surface area contributed by atoms with Crippen molar-refractivity contribution in [2.24, 2.45) is 11.5 Å². The molecule has 0 fully saturated rings. The van der Waals surface area contributed by atoms with E-state index in [2.05, 4.69) is 20.6 Å². The quantitative estimate of drug-likeness (QED) is 0.108. The molecule has 0 unspecified atom stereocenters. The minimum atomic E-state index is -0.225. The first-order valence-corrected chi connectivity index (χ1v) is 19.9. The molecule has 2 aliphatic rings. The van der Waals surface area contributed by atoms with E-state index in [4.69, 9.17) is 20.3 Å². The summed E-state index contributed by atoms with van der Waals surface area (Å²) in [5.41, 5.74) is 21.5. The molecule has 60 heavy (non-hydrogen) atoms. The molecular weight excluding hydrogens is 761 g/mol. The molecule has 6 aromatic rings. The van der Waals surface area contributed by atoms with E-state index in [1.165, 1.54) is 12.2 Å². The van der Waals surface area contributed by atoms with Crippen molar-refractivity contribution in [1.29, 1.82) is 0 Å². The third-order valence-electron chi connectivity index (χ3n) is 11.1. The Morgan fingerprint density at radius 3 is 1.90 bits per heavy atom. The first-order chi connectivity index (χ1) is 29.0. The summed E-state index contributed by atoms with van der Waals surface area (Å²) in [4.78, 5) is 62.2. The highest BCUT2D eigenvalue weighted by molar-refractivity contribution is 5.95. The van der Waals surface area contributed by atoms with Crippen LogP contribution in [0.2, 0.25) is 0 Å². The van der Waals surface area contributed by atoms with Gasteiger partial charge in [-0.3, -0.25) is 19.2 Å². The fraction of sp³-hybridized carbons (Fsp3) is 0.261. The van der Waals surface area contributed by atoms with E-state index in [0.717, 1.165) is 60.8 Å². The molecule has 0 spiro atoms. The van der Waals surface area contributed by atoms with Crippen LogP contribution in [0.1, 0.15) is 74.4 Å². The summed E-state index contributed by atoms with van der Waals surface area (Å²) in [5, 5.41) is 7.36. The van der Waals surface area contributed by atoms with Crippen molar-refractivity contribution in [2.75, 3.05) is 24.7 Å². The summed E-state index contributed by atoms with van der Waals surface area (Å²) >= 11 is 0. The Hall–Kier alpha value is -6.90. The molecule has 6 heterocycles. The highest BCUT2D eigenvalue weighted by atomic mass is 16.3. The zero-order chi connectivity index (χ0) is 42.1. The van der Waals surface area contributed by atoms with Crippen molar-refractivity contribution < 1.29 is 28.0 Å². The number of anilines is 2. The maximum atomic E-state index is 13.5. The van der Waals surface area contributed by atoms with E-state index in [1.54, 1.807) is 48.4 Å². The van der Waals surface area contributed by atoms with Gasteiger partial charge in [-0.1, -0.05) is 18.2 Å². The number of benzene rings is 2. The Morgan fingerprint density at radius 2 is 1.32 bits per heavy atom. The number of aryl methyl sites for hydroxylation is 3. The smallest absolute Gasteiger partial charge is 0.246 e. The van der Waals surface area contributed by atoms with Crippen LogP contribution in [0.5, 0.6) is 0 Å². The number of nitrogens with zero attached hydrogens (tertiary/aromatic N) is 4. The van der Waals surface area contributed by atoms with E-state index in [0.29, 0.717) is 79.5 Å². The van der Waals surface area contributed by atoms with Gasteiger partial charge in [0.15, 0.2) is 0 Å². The molecule has 6 N–H and O–H groups in total. The van der Waals surface area contributed by atoms with Crippen molar-refractivity contribution >= 4 is 69.4 Å². The fourth-order valence-corrected chi connectivity index (χ4v) is 7.70. The molecule has 14 nitrogen and oxygen atoms in total. The van der Waals surface area contributed by atoms with Gasteiger partial charge >= 0.3 is 0 Å². The molecule has 2 aliphatic heterocycles. The lowest BCUT2D eigenvalue weighted by Gasteiger charge is -2.16. The van der Waals surface area contributed by atoms with Gasteiger partial charge in [0, 0.05) is 98.5 Å². The summed E-state index contributed by atoms with van der Waals surface area (Å²) in [7, 11) is 3.45. The van der Waals surface area contributed by atoms with Gasteiger partial charge in [-0.15, -0.1) is 0 Å². The number of carbonyl (C=O) groups is 4. The lowest BCUT2D eigenvalue weighted by Crippen LogP contribution is -2.24. The molecule has 306 valence electrons. The Labute approximate surface area is 346 Å². The molecule has 2 aromatic carbocycles. The van der Waals surface area contributed by atoms with Crippen LogP contribution in [0.25, 0.3) is 34.1 Å². The Kier molecular flexibility index (Phi) is 11.1. The molecule has 4 amide bonds. The zero-order valence-electron chi connectivity index (χ0n) is 33.8. The second kappa shape index (κ2) is 16.8. The van der Waals surface area contributed by atoms with Crippen molar-refractivity contribution in [3.8, 4) is 0 Å². The molecule has 4 aromatic heterocycles. The second-order valence-electron chi connectivity index (χ2n) is 15.4. The number of carbonyl (C=O) groups excluding carboxylic acids is 4. The van der Waals surface area contributed by atoms with Crippen LogP contribution < -0.4 is 22.1 Å². The third kappa shape index (κ3) is 8.33. The number of nitrogens with two attached hydrogens (primary N) is 2. The largest absolute Gasteiger partial charge is 0.459 e. The Balaban J connectivity index is 1.04. The van der Waals surface area contributed by atoms with Crippen LogP contribution >= 0.6 is 0 Å². The van der Waals surface area contributed by atoms with Gasteiger partial charge in [0.25, 0.3) is 0 Å². The minimum Gasteiger partial charge on any atom is -0.459 e. The fourth-order valence-electron chi connectivity index (χ4n) is 7.70. The highest BCUT2D eigenvalue weighted by Crippen LogP contribution is 2.36. The van der Waals surface area contributed by atoms with Crippen LogP contribution in [0.4, 0.5) is 11.6 Å². The Morgan fingerprint density at radius 1 is 0.733 bits per heavy atom. The van der Waals surface area contributed by atoms with Crippen molar-refractivity contribution in [3.63, 3.8) is 0 Å². The molecule has 0 saturated heterocycles. The maximum Gasteiger partial charge on any atom is 0.246 e. The number of rotatable bonds is 12. The molecule has 0 aliphatic carbocycles. The molecule has 14 heteroatoms. The topological polar surface area (TPSA) is 203 Å². The molecule has 0 saturated carbocycles. The second-order valence-corrected chi connectivity index (χ2v) is 15.4. The maximum absolute atomic E-state index is 13.5.